The van der Waals surface area contributed by atoms with Gasteiger partial charge in [0.2, 0.25) is 0 Å². The molecule has 1 aromatic carbocycles. The van der Waals surface area contributed by atoms with Gasteiger partial charge in [0.15, 0.2) is 15.3 Å². The number of thioether (sulfide) groups is 1. The molecule has 23 heavy (non-hydrogen) atoms. The molecule has 1 aromatic heterocycles. The maximum atomic E-state index is 12.7. The Morgan fingerprint density at radius 1 is 1.39 bits per heavy atom. The van der Waals surface area contributed by atoms with Crippen molar-refractivity contribution in [2.75, 3.05) is 22.3 Å². The molecule has 0 unspecified atom stereocenters. The molecule has 0 bridgehead atoms. The normalized spacial score (nSPS) is 15.5. The minimum Gasteiger partial charge on any atom is -0.384 e. The third kappa shape index (κ3) is 2.88. The van der Waals surface area contributed by atoms with Crippen molar-refractivity contribution in [2.24, 2.45) is 0 Å². The minimum absolute atomic E-state index is 0. The van der Waals surface area contributed by atoms with Crippen LogP contribution in [0.25, 0.3) is 0 Å². The molecular formula is C13H14Cl2N4O2S2. The van der Waals surface area contributed by atoms with Crippen molar-refractivity contribution in [3.8, 4) is 0 Å². The van der Waals surface area contributed by atoms with E-state index in [4.69, 9.17) is 11.6 Å². The molecule has 2 N–H and O–H groups in total. The van der Waals surface area contributed by atoms with Gasteiger partial charge in [-0.15, -0.1) is 12.4 Å². The number of imidazole rings is 1. The molecule has 0 aliphatic carbocycles. The molecule has 0 radical (unpaired) electrons. The third-order valence-electron chi connectivity index (χ3n) is 3.71. The number of sulfonamides is 1. The topological polar surface area (TPSA) is 76.0 Å². The molecule has 2 aliphatic heterocycles. The van der Waals surface area contributed by atoms with E-state index in [1.54, 1.807) is 10.6 Å². The number of aromatic nitrogens is 2. The molecule has 0 saturated heterocycles. The summed E-state index contributed by atoms with van der Waals surface area (Å²) in [7, 11) is -3.76. The standard InChI is InChI=1S/C13H13ClN4O2S2.ClH/c14-11-12(18-5-6-21-13(18)16-11)22(19,20)17-9-1-2-10-8(7-9)3-4-15-10;/h1-2,7,15,17H,3-6H2;1H. The van der Waals surface area contributed by atoms with Gasteiger partial charge in [0.1, 0.15) is 0 Å². The molecule has 10 heteroatoms. The van der Waals surface area contributed by atoms with Gasteiger partial charge in [0, 0.05) is 30.2 Å². The molecule has 0 saturated carbocycles. The molecule has 3 heterocycles. The summed E-state index contributed by atoms with van der Waals surface area (Å²) in [4.78, 5) is 4.12. The van der Waals surface area contributed by atoms with E-state index in [2.05, 4.69) is 15.0 Å². The van der Waals surface area contributed by atoms with Crippen molar-refractivity contribution < 1.29 is 8.42 Å². The lowest BCUT2D eigenvalue weighted by atomic mass is 10.1. The lowest BCUT2D eigenvalue weighted by molar-refractivity contribution is 0.577. The summed E-state index contributed by atoms with van der Waals surface area (Å²) < 4.78 is 29.6. The van der Waals surface area contributed by atoms with Gasteiger partial charge in [-0.25, -0.2) is 4.98 Å². The fraction of sp³-hybridized carbons (Fsp3) is 0.308. The number of nitrogens with one attached hydrogen (secondary N) is 2. The van der Waals surface area contributed by atoms with Gasteiger partial charge in [0.25, 0.3) is 10.0 Å². The predicted octanol–water partition coefficient (Wildman–Crippen LogP) is 2.83. The van der Waals surface area contributed by atoms with E-state index >= 15 is 0 Å². The average molecular weight is 393 g/mol. The number of halogens is 2. The van der Waals surface area contributed by atoms with Crippen molar-refractivity contribution in [1.29, 1.82) is 0 Å². The van der Waals surface area contributed by atoms with Crippen molar-refractivity contribution >= 4 is 57.2 Å². The zero-order valence-corrected chi connectivity index (χ0v) is 15.1. The number of hydrogen-bond donors (Lipinski definition) is 2. The molecule has 0 spiro atoms. The first-order valence-corrected chi connectivity index (χ1v) is 9.68. The maximum absolute atomic E-state index is 12.7. The van der Waals surface area contributed by atoms with Crippen LogP contribution in [0.5, 0.6) is 0 Å². The summed E-state index contributed by atoms with van der Waals surface area (Å²) in [6.45, 7) is 1.48. The Kier molecular flexibility index (Phi) is 4.43. The van der Waals surface area contributed by atoms with Gasteiger partial charge >= 0.3 is 0 Å². The molecule has 0 fully saturated rings. The van der Waals surface area contributed by atoms with Crippen LogP contribution >= 0.6 is 35.8 Å². The summed E-state index contributed by atoms with van der Waals surface area (Å²) in [5.41, 5.74) is 2.71. The van der Waals surface area contributed by atoms with Crippen molar-refractivity contribution in [3.05, 3.63) is 28.9 Å². The average Bonchev–Trinajstić information content (AvgIpc) is 3.11. The highest BCUT2D eigenvalue weighted by Gasteiger charge is 2.30. The van der Waals surface area contributed by atoms with Crippen molar-refractivity contribution in [2.45, 2.75) is 23.1 Å². The van der Waals surface area contributed by atoms with Crippen LogP contribution in [-0.4, -0.2) is 30.3 Å². The van der Waals surface area contributed by atoms with Gasteiger partial charge in [-0.1, -0.05) is 23.4 Å². The van der Waals surface area contributed by atoms with Crippen molar-refractivity contribution in [3.63, 3.8) is 0 Å². The number of nitrogens with zero attached hydrogens (tertiary/aromatic N) is 2. The van der Waals surface area contributed by atoms with Gasteiger partial charge in [-0.05, 0) is 30.2 Å². The van der Waals surface area contributed by atoms with E-state index in [-0.39, 0.29) is 22.6 Å². The molecule has 4 rings (SSSR count). The second-order valence-corrected chi connectivity index (χ2v) is 8.16. The SMILES string of the molecule is Cl.O=S(=O)(Nc1ccc2c(c1)CCN2)c1c(Cl)nc2n1CCS2. The Morgan fingerprint density at radius 3 is 3.04 bits per heavy atom. The Balaban J connectivity index is 0.00000156. The Morgan fingerprint density at radius 2 is 2.22 bits per heavy atom. The maximum Gasteiger partial charge on any atom is 0.280 e. The molecule has 6 nitrogen and oxygen atoms in total. The van der Waals surface area contributed by atoms with Gasteiger partial charge in [-0.3, -0.25) is 4.72 Å². The first kappa shape index (κ1) is 16.8. The van der Waals surface area contributed by atoms with Crippen LogP contribution in [0.15, 0.2) is 28.4 Å². The molecular weight excluding hydrogens is 379 g/mol. The Labute approximate surface area is 149 Å². The number of benzene rings is 1. The van der Waals surface area contributed by atoms with E-state index in [0.29, 0.717) is 17.4 Å². The molecule has 2 aliphatic rings. The molecule has 2 aromatic rings. The minimum atomic E-state index is -3.76. The number of rotatable bonds is 3. The molecule has 0 amide bonds. The molecule has 124 valence electrons. The highest BCUT2D eigenvalue weighted by Crippen LogP contribution is 2.34. The predicted molar refractivity (Wildman–Crippen MR) is 94.7 cm³/mol. The van der Waals surface area contributed by atoms with Gasteiger partial charge < -0.3 is 9.88 Å². The largest absolute Gasteiger partial charge is 0.384 e. The van der Waals surface area contributed by atoms with E-state index < -0.39 is 10.0 Å². The van der Waals surface area contributed by atoms with Crippen LogP contribution in [0.3, 0.4) is 0 Å². The van der Waals surface area contributed by atoms with Crippen LogP contribution in [0, 0.1) is 0 Å². The zero-order chi connectivity index (χ0) is 15.3. The monoisotopic (exact) mass is 392 g/mol. The van der Waals surface area contributed by atoms with Crippen LogP contribution in [0.4, 0.5) is 11.4 Å². The van der Waals surface area contributed by atoms with Crippen LogP contribution in [0.1, 0.15) is 5.56 Å². The van der Waals surface area contributed by atoms with E-state index in [9.17, 15) is 8.42 Å². The van der Waals surface area contributed by atoms with Crippen LogP contribution in [-0.2, 0) is 23.0 Å². The summed E-state index contributed by atoms with van der Waals surface area (Å²) in [6, 6.07) is 5.49. The fourth-order valence-electron chi connectivity index (χ4n) is 2.75. The van der Waals surface area contributed by atoms with E-state index in [0.717, 1.165) is 30.0 Å². The lowest BCUT2D eigenvalue weighted by Crippen LogP contribution is -2.17. The van der Waals surface area contributed by atoms with Crippen LogP contribution < -0.4 is 10.0 Å². The second-order valence-electron chi connectivity index (χ2n) is 5.14. The summed E-state index contributed by atoms with van der Waals surface area (Å²) >= 11 is 7.54. The van der Waals surface area contributed by atoms with Crippen molar-refractivity contribution in [1.82, 2.24) is 9.55 Å². The van der Waals surface area contributed by atoms with Crippen LogP contribution in [0.2, 0.25) is 5.15 Å². The quantitative estimate of drug-likeness (QED) is 0.839. The number of fused-ring (bicyclic) bond motifs is 2. The highest BCUT2D eigenvalue weighted by molar-refractivity contribution is 7.99. The fourth-order valence-corrected chi connectivity index (χ4v) is 5.57. The third-order valence-corrected chi connectivity index (χ3v) is 6.47. The number of hydrogen-bond acceptors (Lipinski definition) is 5. The van der Waals surface area contributed by atoms with Gasteiger partial charge in [0.05, 0.1) is 0 Å². The zero-order valence-electron chi connectivity index (χ0n) is 11.9. The Hall–Kier alpha value is -1.09. The first-order chi connectivity index (χ1) is 10.5. The van der Waals surface area contributed by atoms with E-state index in [1.165, 1.54) is 11.8 Å². The first-order valence-electron chi connectivity index (χ1n) is 6.83. The number of anilines is 2. The summed E-state index contributed by atoms with van der Waals surface area (Å²) in [5.74, 6) is 0.812. The summed E-state index contributed by atoms with van der Waals surface area (Å²) in [6.07, 6.45) is 0.893. The second kappa shape index (κ2) is 6.08. The summed E-state index contributed by atoms with van der Waals surface area (Å²) in [5, 5.41) is 3.98. The smallest absolute Gasteiger partial charge is 0.280 e. The Bertz CT molecular complexity index is 867. The van der Waals surface area contributed by atoms with Gasteiger partial charge in [-0.2, -0.15) is 8.42 Å². The molecule has 0 atom stereocenters. The highest BCUT2D eigenvalue weighted by atomic mass is 35.5. The lowest BCUT2D eigenvalue weighted by Gasteiger charge is -2.11. The van der Waals surface area contributed by atoms with E-state index in [1.807, 2.05) is 12.1 Å².